The van der Waals surface area contributed by atoms with E-state index >= 15 is 0 Å². The van der Waals surface area contributed by atoms with Gasteiger partial charge in [0.15, 0.2) is 0 Å². The fourth-order valence-electron chi connectivity index (χ4n) is 2.22. The molecule has 1 heteroatoms. The van der Waals surface area contributed by atoms with Crippen LogP contribution in [0, 0.1) is 11.8 Å². The highest BCUT2D eigenvalue weighted by molar-refractivity contribution is 4.97. The Balaban J connectivity index is 2.41. The first-order chi connectivity index (χ1) is 6.13. The third-order valence-electron chi connectivity index (χ3n) is 3.26. The number of rotatable bonds is 3. The highest BCUT2D eigenvalue weighted by Gasteiger charge is 2.26. The minimum absolute atomic E-state index is 0.0699. The van der Waals surface area contributed by atoms with Crippen LogP contribution in [-0.2, 0) is 0 Å². The third-order valence-corrected chi connectivity index (χ3v) is 3.26. The van der Waals surface area contributed by atoms with Gasteiger partial charge in [-0.25, -0.2) is 0 Å². The van der Waals surface area contributed by atoms with E-state index in [-0.39, 0.29) is 6.10 Å². The van der Waals surface area contributed by atoms with E-state index in [0.29, 0.717) is 5.92 Å². The van der Waals surface area contributed by atoms with Gasteiger partial charge in [0, 0.05) is 0 Å². The molecule has 1 N–H and O–H groups in total. The molecule has 3 atom stereocenters. The fraction of sp³-hybridized carbons (Fsp3) is 0.833. The molecule has 3 unspecified atom stereocenters. The van der Waals surface area contributed by atoms with E-state index in [9.17, 15) is 5.11 Å². The summed E-state index contributed by atoms with van der Waals surface area (Å²) in [6, 6.07) is 0. The van der Waals surface area contributed by atoms with Crippen LogP contribution in [0.25, 0.3) is 0 Å². The van der Waals surface area contributed by atoms with E-state index in [1.54, 1.807) is 0 Å². The van der Waals surface area contributed by atoms with Crippen molar-refractivity contribution in [1.82, 2.24) is 0 Å². The molecule has 0 aromatic carbocycles. The van der Waals surface area contributed by atoms with Crippen LogP contribution < -0.4 is 0 Å². The Morgan fingerprint density at radius 1 is 1.46 bits per heavy atom. The van der Waals surface area contributed by atoms with Crippen LogP contribution in [0.2, 0.25) is 0 Å². The second-order valence-corrected chi connectivity index (χ2v) is 4.55. The van der Waals surface area contributed by atoms with Gasteiger partial charge < -0.3 is 5.11 Å². The van der Waals surface area contributed by atoms with Gasteiger partial charge in [-0.1, -0.05) is 26.0 Å². The first-order valence-corrected chi connectivity index (χ1v) is 5.48. The molecule has 1 saturated carbocycles. The molecule has 13 heavy (non-hydrogen) atoms. The minimum Gasteiger partial charge on any atom is -0.393 e. The Hall–Kier alpha value is -0.300. The molecule has 0 aromatic heterocycles. The first-order valence-electron chi connectivity index (χ1n) is 5.48. The topological polar surface area (TPSA) is 20.2 Å². The summed E-state index contributed by atoms with van der Waals surface area (Å²) in [5.41, 5.74) is 1.29. The van der Waals surface area contributed by atoms with E-state index in [1.807, 2.05) is 0 Å². The Morgan fingerprint density at radius 3 is 2.77 bits per heavy atom. The van der Waals surface area contributed by atoms with Gasteiger partial charge in [-0.3, -0.25) is 0 Å². The second kappa shape index (κ2) is 4.80. The Morgan fingerprint density at radius 2 is 2.15 bits per heavy atom. The zero-order valence-corrected chi connectivity index (χ0v) is 8.92. The molecule has 1 rings (SSSR count). The molecule has 0 radical (unpaired) electrons. The second-order valence-electron chi connectivity index (χ2n) is 4.55. The van der Waals surface area contributed by atoms with Gasteiger partial charge in [-0.2, -0.15) is 0 Å². The highest BCUT2D eigenvalue weighted by atomic mass is 16.3. The van der Waals surface area contributed by atoms with Gasteiger partial charge in [0.05, 0.1) is 6.10 Å². The molecule has 1 aliphatic rings. The zero-order valence-electron chi connectivity index (χ0n) is 8.92. The Kier molecular flexibility index (Phi) is 3.98. The number of hydrogen-bond donors (Lipinski definition) is 1. The summed E-state index contributed by atoms with van der Waals surface area (Å²) in [6.07, 6.45) is 5.37. The van der Waals surface area contributed by atoms with Crippen molar-refractivity contribution in [3.05, 3.63) is 12.2 Å². The molecule has 0 aromatic rings. The average molecular weight is 182 g/mol. The van der Waals surface area contributed by atoms with Crippen molar-refractivity contribution in [2.24, 2.45) is 11.8 Å². The summed E-state index contributed by atoms with van der Waals surface area (Å²) in [4.78, 5) is 0. The van der Waals surface area contributed by atoms with Crippen LogP contribution in [-0.4, -0.2) is 11.2 Å². The van der Waals surface area contributed by atoms with Crippen LogP contribution in [0.3, 0.4) is 0 Å². The number of allylic oxidation sites excluding steroid dienone is 1. The quantitative estimate of drug-likeness (QED) is 0.665. The van der Waals surface area contributed by atoms with Crippen LogP contribution in [0.15, 0.2) is 12.2 Å². The highest BCUT2D eigenvalue weighted by Crippen LogP contribution is 2.33. The van der Waals surface area contributed by atoms with E-state index in [1.165, 1.54) is 18.4 Å². The molecule has 0 aliphatic heterocycles. The van der Waals surface area contributed by atoms with E-state index in [0.717, 1.165) is 25.2 Å². The van der Waals surface area contributed by atoms with E-state index in [4.69, 9.17) is 0 Å². The Labute approximate surface area is 81.9 Å². The van der Waals surface area contributed by atoms with Crippen molar-refractivity contribution in [2.75, 3.05) is 0 Å². The van der Waals surface area contributed by atoms with Gasteiger partial charge in [-0.05, 0) is 43.9 Å². The van der Waals surface area contributed by atoms with Crippen LogP contribution in [0.5, 0.6) is 0 Å². The number of hydrogen-bond acceptors (Lipinski definition) is 1. The SMILES string of the molecule is C=C(CC)CC1CC(C)CCC1O. The zero-order chi connectivity index (χ0) is 9.84. The van der Waals surface area contributed by atoms with Crippen molar-refractivity contribution in [3.8, 4) is 0 Å². The van der Waals surface area contributed by atoms with Gasteiger partial charge in [0.2, 0.25) is 0 Å². The van der Waals surface area contributed by atoms with E-state index in [2.05, 4.69) is 20.4 Å². The molecule has 0 heterocycles. The smallest absolute Gasteiger partial charge is 0.0571 e. The molecule has 1 nitrogen and oxygen atoms in total. The standard InChI is InChI=1S/C12H22O/c1-4-9(2)7-11-8-10(3)5-6-12(11)13/h10-13H,2,4-8H2,1,3H3. The van der Waals surface area contributed by atoms with Crippen molar-refractivity contribution >= 4 is 0 Å². The van der Waals surface area contributed by atoms with Crippen molar-refractivity contribution in [1.29, 1.82) is 0 Å². The normalized spacial score (nSPS) is 34.5. The van der Waals surface area contributed by atoms with Gasteiger partial charge in [-0.15, -0.1) is 0 Å². The van der Waals surface area contributed by atoms with Crippen LogP contribution >= 0.6 is 0 Å². The molecule has 0 saturated heterocycles. The van der Waals surface area contributed by atoms with Crippen LogP contribution in [0.4, 0.5) is 0 Å². The van der Waals surface area contributed by atoms with Crippen molar-refractivity contribution in [3.63, 3.8) is 0 Å². The lowest BCUT2D eigenvalue weighted by atomic mass is 9.77. The maximum Gasteiger partial charge on any atom is 0.0571 e. The van der Waals surface area contributed by atoms with Crippen LogP contribution in [0.1, 0.15) is 46.0 Å². The predicted molar refractivity (Wildman–Crippen MR) is 56.6 cm³/mol. The lowest BCUT2D eigenvalue weighted by Crippen LogP contribution is -2.28. The molecule has 1 fully saturated rings. The summed E-state index contributed by atoms with van der Waals surface area (Å²) >= 11 is 0. The fourth-order valence-corrected chi connectivity index (χ4v) is 2.22. The predicted octanol–water partition coefficient (Wildman–Crippen LogP) is 3.14. The largest absolute Gasteiger partial charge is 0.393 e. The van der Waals surface area contributed by atoms with Crippen molar-refractivity contribution in [2.45, 2.75) is 52.1 Å². The molecular weight excluding hydrogens is 160 g/mol. The summed E-state index contributed by atoms with van der Waals surface area (Å²) in [5, 5.41) is 9.79. The van der Waals surface area contributed by atoms with Gasteiger partial charge >= 0.3 is 0 Å². The van der Waals surface area contributed by atoms with E-state index < -0.39 is 0 Å². The maximum absolute atomic E-state index is 9.79. The van der Waals surface area contributed by atoms with Crippen molar-refractivity contribution < 1.29 is 5.11 Å². The third kappa shape index (κ3) is 3.15. The lowest BCUT2D eigenvalue weighted by molar-refractivity contribution is 0.0517. The minimum atomic E-state index is -0.0699. The molecule has 1 aliphatic carbocycles. The lowest BCUT2D eigenvalue weighted by Gasteiger charge is -2.32. The monoisotopic (exact) mass is 182 g/mol. The molecular formula is C12H22O. The summed E-state index contributed by atoms with van der Waals surface area (Å²) in [5.74, 6) is 1.27. The Bertz CT molecular complexity index is 174. The number of aliphatic hydroxyl groups is 1. The molecule has 76 valence electrons. The van der Waals surface area contributed by atoms with Gasteiger partial charge in [0.25, 0.3) is 0 Å². The molecule has 0 amide bonds. The summed E-state index contributed by atoms with van der Waals surface area (Å²) < 4.78 is 0. The maximum atomic E-state index is 9.79. The number of aliphatic hydroxyl groups excluding tert-OH is 1. The molecule has 0 spiro atoms. The summed E-state index contributed by atoms with van der Waals surface area (Å²) in [6.45, 7) is 8.44. The molecule has 0 bridgehead atoms. The first kappa shape index (κ1) is 10.8. The van der Waals surface area contributed by atoms with Gasteiger partial charge in [0.1, 0.15) is 0 Å². The average Bonchev–Trinajstić information content (AvgIpc) is 2.11. The summed E-state index contributed by atoms with van der Waals surface area (Å²) in [7, 11) is 0.